The van der Waals surface area contributed by atoms with Crippen LogP contribution >= 0.6 is 0 Å². The van der Waals surface area contributed by atoms with E-state index in [0.29, 0.717) is 12.3 Å². The highest BCUT2D eigenvalue weighted by atomic mass is 16.5. The van der Waals surface area contributed by atoms with Crippen LogP contribution in [-0.4, -0.2) is 36.2 Å². The molecule has 0 aliphatic carbocycles. The number of aryl methyl sites for hydroxylation is 2. The summed E-state index contributed by atoms with van der Waals surface area (Å²) in [5.41, 5.74) is 0.0892. The maximum Gasteiger partial charge on any atom is 0.333 e. The maximum absolute atomic E-state index is 13.1. The minimum absolute atomic E-state index is 0.217. The molecule has 4 aromatic heterocycles. The van der Waals surface area contributed by atoms with Gasteiger partial charge in [0.15, 0.2) is 11.2 Å². The number of ether oxygens (including phenoxy) is 1. The molecular formula is C18H19N5O5. The molecule has 0 saturated carbocycles. The van der Waals surface area contributed by atoms with Crippen molar-refractivity contribution >= 4 is 22.9 Å². The Bertz CT molecular complexity index is 1320. The lowest BCUT2D eigenvalue weighted by molar-refractivity contribution is -0.144. The Balaban J connectivity index is 2.03. The SMILES string of the molecule is COC(=O)C(C)n1c(=O)c2c(nc3n(Cc4ccco4)c(C)cn23)n(C)c1=O. The van der Waals surface area contributed by atoms with Crippen molar-refractivity contribution in [2.45, 2.75) is 26.4 Å². The van der Waals surface area contributed by atoms with Crippen LogP contribution in [0.4, 0.5) is 0 Å². The number of fused-ring (bicyclic) bond motifs is 3. The van der Waals surface area contributed by atoms with Crippen molar-refractivity contribution in [3.8, 4) is 0 Å². The summed E-state index contributed by atoms with van der Waals surface area (Å²) in [6.07, 6.45) is 3.36. The van der Waals surface area contributed by atoms with Gasteiger partial charge < -0.3 is 13.7 Å². The molecule has 4 heterocycles. The van der Waals surface area contributed by atoms with Crippen molar-refractivity contribution in [2.75, 3.05) is 7.11 Å². The minimum Gasteiger partial charge on any atom is -0.467 e. The summed E-state index contributed by atoms with van der Waals surface area (Å²) in [6.45, 7) is 3.77. The second kappa shape index (κ2) is 6.25. The lowest BCUT2D eigenvalue weighted by atomic mass is 10.3. The zero-order valence-electron chi connectivity index (χ0n) is 15.9. The first-order valence-electron chi connectivity index (χ1n) is 8.64. The van der Waals surface area contributed by atoms with Gasteiger partial charge in [-0.15, -0.1) is 0 Å². The van der Waals surface area contributed by atoms with Crippen molar-refractivity contribution in [2.24, 2.45) is 7.05 Å². The zero-order chi connectivity index (χ0) is 20.2. The monoisotopic (exact) mass is 385 g/mol. The van der Waals surface area contributed by atoms with Crippen LogP contribution in [0.2, 0.25) is 0 Å². The molecule has 1 unspecified atom stereocenters. The molecule has 10 heteroatoms. The third-order valence-corrected chi connectivity index (χ3v) is 4.91. The van der Waals surface area contributed by atoms with Gasteiger partial charge in [-0.3, -0.25) is 13.8 Å². The fourth-order valence-corrected chi connectivity index (χ4v) is 3.39. The van der Waals surface area contributed by atoms with Gasteiger partial charge in [0.25, 0.3) is 5.56 Å². The molecule has 4 aromatic rings. The van der Waals surface area contributed by atoms with E-state index in [1.807, 2.05) is 17.6 Å². The van der Waals surface area contributed by atoms with Gasteiger partial charge in [0.1, 0.15) is 11.8 Å². The first-order chi connectivity index (χ1) is 13.3. The molecule has 0 N–H and O–H groups in total. The van der Waals surface area contributed by atoms with Crippen LogP contribution < -0.4 is 11.2 Å². The molecule has 146 valence electrons. The Morgan fingerprint density at radius 2 is 2.11 bits per heavy atom. The van der Waals surface area contributed by atoms with E-state index in [1.54, 1.807) is 22.9 Å². The average Bonchev–Trinajstić information content (AvgIpc) is 3.37. The molecule has 0 spiro atoms. The predicted octanol–water partition coefficient (Wildman–Crippen LogP) is 0.833. The maximum atomic E-state index is 13.1. The summed E-state index contributed by atoms with van der Waals surface area (Å²) in [5.74, 6) is 0.559. The van der Waals surface area contributed by atoms with E-state index >= 15 is 0 Å². The molecule has 0 fully saturated rings. The van der Waals surface area contributed by atoms with Gasteiger partial charge in [-0.25, -0.2) is 14.2 Å². The molecular weight excluding hydrogens is 366 g/mol. The van der Waals surface area contributed by atoms with E-state index in [1.165, 1.54) is 25.6 Å². The first-order valence-corrected chi connectivity index (χ1v) is 8.64. The van der Waals surface area contributed by atoms with Gasteiger partial charge in [0.2, 0.25) is 5.78 Å². The average molecular weight is 385 g/mol. The Hall–Kier alpha value is -3.56. The van der Waals surface area contributed by atoms with Crippen LogP contribution in [0.15, 0.2) is 38.6 Å². The van der Waals surface area contributed by atoms with Gasteiger partial charge in [-0.1, -0.05) is 0 Å². The standard InChI is InChI=1S/C18H19N5O5/c1-10-8-22-13-14(19-17(22)21(10)9-12-6-5-7-28-12)20(3)18(26)23(15(13)24)11(2)16(25)27-4/h5-8,11H,9H2,1-4H3. The van der Waals surface area contributed by atoms with Crippen molar-refractivity contribution < 1.29 is 13.9 Å². The summed E-state index contributed by atoms with van der Waals surface area (Å²) in [6, 6.07) is 2.58. The lowest BCUT2D eigenvalue weighted by Gasteiger charge is -2.13. The Morgan fingerprint density at radius 3 is 2.75 bits per heavy atom. The van der Waals surface area contributed by atoms with E-state index in [2.05, 4.69) is 4.98 Å². The van der Waals surface area contributed by atoms with Gasteiger partial charge in [-0.05, 0) is 26.0 Å². The number of aromatic nitrogens is 5. The summed E-state index contributed by atoms with van der Waals surface area (Å²) in [5, 5.41) is 0. The number of nitrogens with zero attached hydrogens (tertiary/aromatic N) is 5. The minimum atomic E-state index is -1.06. The topological polar surface area (TPSA) is 106 Å². The molecule has 0 bridgehead atoms. The van der Waals surface area contributed by atoms with E-state index in [9.17, 15) is 14.4 Å². The first kappa shape index (κ1) is 17.8. The quantitative estimate of drug-likeness (QED) is 0.482. The second-order valence-electron chi connectivity index (χ2n) is 6.61. The molecule has 10 nitrogen and oxygen atoms in total. The molecule has 28 heavy (non-hydrogen) atoms. The van der Waals surface area contributed by atoms with Gasteiger partial charge >= 0.3 is 11.7 Å². The smallest absolute Gasteiger partial charge is 0.333 e. The number of furan rings is 1. The zero-order valence-corrected chi connectivity index (χ0v) is 15.9. The Kier molecular flexibility index (Phi) is 3.98. The highest BCUT2D eigenvalue weighted by molar-refractivity contribution is 5.77. The van der Waals surface area contributed by atoms with Crippen molar-refractivity contribution in [1.82, 2.24) is 23.1 Å². The summed E-state index contributed by atoms with van der Waals surface area (Å²) in [7, 11) is 2.72. The highest BCUT2D eigenvalue weighted by Crippen LogP contribution is 2.18. The van der Waals surface area contributed by atoms with E-state index in [4.69, 9.17) is 9.15 Å². The van der Waals surface area contributed by atoms with E-state index in [0.717, 1.165) is 16.0 Å². The number of hydrogen-bond donors (Lipinski definition) is 0. The largest absolute Gasteiger partial charge is 0.467 e. The molecule has 0 amide bonds. The number of carbonyl (C=O) groups is 1. The van der Waals surface area contributed by atoms with Gasteiger partial charge in [0.05, 0.1) is 19.9 Å². The van der Waals surface area contributed by atoms with Crippen LogP contribution in [0.3, 0.4) is 0 Å². The highest BCUT2D eigenvalue weighted by Gasteiger charge is 2.25. The third kappa shape index (κ3) is 2.41. The Morgan fingerprint density at radius 1 is 1.36 bits per heavy atom. The van der Waals surface area contributed by atoms with Crippen LogP contribution in [0.1, 0.15) is 24.4 Å². The van der Waals surface area contributed by atoms with Crippen molar-refractivity contribution in [1.29, 1.82) is 0 Å². The van der Waals surface area contributed by atoms with Gasteiger partial charge in [0, 0.05) is 18.9 Å². The summed E-state index contributed by atoms with van der Waals surface area (Å²) in [4.78, 5) is 42.3. The van der Waals surface area contributed by atoms with Crippen LogP contribution in [0.25, 0.3) is 16.9 Å². The number of rotatable bonds is 4. The Labute approximate surface area is 158 Å². The molecule has 0 aliphatic heterocycles. The number of carbonyl (C=O) groups excluding carboxylic acids is 1. The van der Waals surface area contributed by atoms with Crippen LogP contribution in [-0.2, 0) is 23.1 Å². The fraction of sp³-hybridized carbons (Fsp3) is 0.333. The van der Waals surface area contributed by atoms with Gasteiger partial charge in [-0.2, -0.15) is 4.98 Å². The fourth-order valence-electron chi connectivity index (χ4n) is 3.39. The molecule has 4 rings (SSSR count). The number of imidazole rings is 2. The molecule has 0 aromatic carbocycles. The van der Waals surface area contributed by atoms with Crippen LogP contribution in [0, 0.1) is 6.92 Å². The predicted molar refractivity (Wildman–Crippen MR) is 99.5 cm³/mol. The normalized spacial score (nSPS) is 12.7. The van der Waals surface area contributed by atoms with Crippen molar-refractivity contribution in [3.05, 3.63) is 56.9 Å². The molecule has 0 radical (unpaired) electrons. The van der Waals surface area contributed by atoms with E-state index < -0.39 is 23.3 Å². The van der Waals surface area contributed by atoms with Crippen molar-refractivity contribution in [3.63, 3.8) is 0 Å². The van der Waals surface area contributed by atoms with Crippen LogP contribution in [0.5, 0.6) is 0 Å². The van der Waals surface area contributed by atoms with E-state index in [-0.39, 0.29) is 11.2 Å². The third-order valence-electron chi connectivity index (χ3n) is 4.91. The molecule has 0 aliphatic rings. The summed E-state index contributed by atoms with van der Waals surface area (Å²) >= 11 is 0. The second-order valence-corrected chi connectivity index (χ2v) is 6.61. The molecule has 1 atom stereocenters. The number of esters is 1. The number of hydrogen-bond acceptors (Lipinski definition) is 6. The number of methoxy groups -OCH3 is 1. The summed E-state index contributed by atoms with van der Waals surface area (Å²) < 4.78 is 15.8. The molecule has 0 saturated heterocycles. The lowest BCUT2D eigenvalue weighted by Crippen LogP contribution is -2.43.